The zero-order chi connectivity index (χ0) is 12.3. The summed E-state index contributed by atoms with van der Waals surface area (Å²) in [4.78, 5) is 11.3. The molecule has 94 valence electrons. The predicted octanol–water partition coefficient (Wildman–Crippen LogP) is 1.53. The third-order valence-corrected chi connectivity index (χ3v) is 4.55. The van der Waals surface area contributed by atoms with E-state index in [1.165, 1.54) is 0 Å². The molecule has 17 heavy (non-hydrogen) atoms. The van der Waals surface area contributed by atoms with Crippen LogP contribution >= 0.6 is 11.8 Å². The van der Waals surface area contributed by atoms with E-state index in [1.54, 1.807) is 0 Å². The van der Waals surface area contributed by atoms with E-state index in [0.29, 0.717) is 11.3 Å². The SMILES string of the molecule is CNCc1cnc(N2CCSC(C)C2C)nc1. The first-order valence-electron chi connectivity index (χ1n) is 6.06. The summed E-state index contributed by atoms with van der Waals surface area (Å²) in [5.41, 5.74) is 1.13. The normalized spacial score (nSPS) is 25.0. The molecule has 1 saturated heterocycles. The Morgan fingerprint density at radius 2 is 2.12 bits per heavy atom. The van der Waals surface area contributed by atoms with Crippen LogP contribution in [0.1, 0.15) is 19.4 Å². The van der Waals surface area contributed by atoms with Gasteiger partial charge in [0.25, 0.3) is 0 Å². The highest BCUT2D eigenvalue weighted by Crippen LogP contribution is 2.26. The summed E-state index contributed by atoms with van der Waals surface area (Å²) in [5.74, 6) is 2.03. The molecule has 0 amide bonds. The second kappa shape index (κ2) is 5.69. The molecule has 2 rings (SSSR count). The van der Waals surface area contributed by atoms with Gasteiger partial charge in [0, 0.05) is 48.1 Å². The number of hydrogen-bond donors (Lipinski definition) is 1. The molecule has 1 aliphatic rings. The fourth-order valence-corrected chi connectivity index (χ4v) is 3.11. The average Bonchev–Trinajstić information content (AvgIpc) is 2.34. The van der Waals surface area contributed by atoms with E-state index in [4.69, 9.17) is 0 Å². The highest BCUT2D eigenvalue weighted by atomic mass is 32.2. The molecular weight excluding hydrogens is 232 g/mol. The first-order valence-corrected chi connectivity index (χ1v) is 7.11. The topological polar surface area (TPSA) is 41.1 Å². The van der Waals surface area contributed by atoms with Crippen molar-refractivity contribution in [1.29, 1.82) is 0 Å². The van der Waals surface area contributed by atoms with Crippen LogP contribution in [0, 0.1) is 0 Å². The molecule has 0 spiro atoms. The lowest BCUT2D eigenvalue weighted by Crippen LogP contribution is -2.45. The van der Waals surface area contributed by atoms with Crippen molar-refractivity contribution in [3.8, 4) is 0 Å². The molecule has 1 aliphatic heterocycles. The summed E-state index contributed by atoms with van der Waals surface area (Å²) in [7, 11) is 1.93. The number of thioether (sulfide) groups is 1. The van der Waals surface area contributed by atoms with Crippen molar-refractivity contribution >= 4 is 17.7 Å². The molecule has 0 aliphatic carbocycles. The molecule has 0 bridgehead atoms. The first-order chi connectivity index (χ1) is 8.22. The molecule has 2 unspecified atom stereocenters. The molecule has 2 atom stereocenters. The second-order valence-electron chi connectivity index (χ2n) is 4.43. The molecule has 4 nitrogen and oxygen atoms in total. The number of aromatic nitrogens is 2. The van der Waals surface area contributed by atoms with Crippen LogP contribution in [0.5, 0.6) is 0 Å². The molecule has 0 radical (unpaired) electrons. The highest BCUT2D eigenvalue weighted by molar-refractivity contribution is 8.00. The van der Waals surface area contributed by atoms with Gasteiger partial charge in [0.2, 0.25) is 5.95 Å². The van der Waals surface area contributed by atoms with Crippen LogP contribution < -0.4 is 10.2 Å². The van der Waals surface area contributed by atoms with Crippen LogP contribution in [0.3, 0.4) is 0 Å². The average molecular weight is 252 g/mol. The molecule has 1 N–H and O–H groups in total. The van der Waals surface area contributed by atoms with Crippen LogP contribution in [0.15, 0.2) is 12.4 Å². The maximum atomic E-state index is 4.47. The van der Waals surface area contributed by atoms with Crippen LogP contribution in [-0.4, -0.2) is 40.6 Å². The van der Waals surface area contributed by atoms with Gasteiger partial charge >= 0.3 is 0 Å². The Bertz CT molecular complexity index is 354. The molecule has 0 aromatic carbocycles. The number of hydrogen-bond acceptors (Lipinski definition) is 5. The molecule has 1 fully saturated rings. The van der Waals surface area contributed by atoms with Gasteiger partial charge in [-0.05, 0) is 14.0 Å². The van der Waals surface area contributed by atoms with E-state index in [-0.39, 0.29) is 0 Å². The van der Waals surface area contributed by atoms with E-state index >= 15 is 0 Å². The van der Waals surface area contributed by atoms with Crippen molar-refractivity contribution in [1.82, 2.24) is 15.3 Å². The van der Waals surface area contributed by atoms with Crippen LogP contribution in [0.25, 0.3) is 0 Å². The van der Waals surface area contributed by atoms with Gasteiger partial charge in [-0.25, -0.2) is 9.97 Å². The molecular formula is C12H20N4S. The summed E-state index contributed by atoms with van der Waals surface area (Å²) in [5, 5.41) is 3.74. The van der Waals surface area contributed by atoms with E-state index < -0.39 is 0 Å². The zero-order valence-electron chi connectivity index (χ0n) is 10.7. The zero-order valence-corrected chi connectivity index (χ0v) is 11.5. The molecule has 1 aromatic rings. The van der Waals surface area contributed by atoms with Crippen LogP contribution in [-0.2, 0) is 6.54 Å². The monoisotopic (exact) mass is 252 g/mol. The lowest BCUT2D eigenvalue weighted by Gasteiger charge is -2.37. The first kappa shape index (κ1) is 12.6. The van der Waals surface area contributed by atoms with Crippen molar-refractivity contribution in [2.75, 3.05) is 24.2 Å². The Hall–Kier alpha value is -0.810. The van der Waals surface area contributed by atoms with Gasteiger partial charge in [0.15, 0.2) is 0 Å². The quantitative estimate of drug-likeness (QED) is 0.883. The smallest absolute Gasteiger partial charge is 0.225 e. The maximum Gasteiger partial charge on any atom is 0.225 e. The largest absolute Gasteiger partial charge is 0.336 e. The molecule has 1 aromatic heterocycles. The third kappa shape index (κ3) is 2.90. The van der Waals surface area contributed by atoms with E-state index in [2.05, 4.69) is 34.0 Å². The lowest BCUT2D eigenvalue weighted by molar-refractivity contribution is 0.611. The summed E-state index contributed by atoms with van der Waals surface area (Å²) in [6.07, 6.45) is 3.83. The van der Waals surface area contributed by atoms with Gasteiger partial charge in [0.1, 0.15) is 0 Å². The Balaban J connectivity index is 2.10. The summed E-state index contributed by atoms with van der Waals surface area (Å²) >= 11 is 2.03. The van der Waals surface area contributed by atoms with E-state index in [0.717, 1.165) is 30.4 Å². The molecule has 2 heterocycles. The van der Waals surface area contributed by atoms with Crippen molar-refractivity contribution < 1.29 is 0 Å². The Kier molecular flexibility index (Phi) is 4.23. The van der Waals surface area contributed by atoms with Crippen molar-refractivity contribution in [2.24, 2.45) is 0 Å². The number of anilines is 1. The Morgan fingerprint density at radius 1 is 1.41 bits per heavy atom. The maximum absolute atomic E-state index is 4.47. The van der Waals surface area contributed by atoms with Gasteiger partial charge in [-0.3, -0.25) is 0 Å². The predicted molar refractivity (Wildman–Crippen MR) is 73.5 cm³/mol. The summed E-state index contributed by atoms with van der Waals surface area (Å²) in [6, 6.07) is 0.504. The van der Waals surface area contributed by atoms with Gasteiger partial charge in [0.05, 0.1) is 0 Å². The van der Waals surface area contributed by atoms with Gasteiger partial charge in [-0.15, -0.1) is 0 Å². The minimum Gasteiger partial charge on any atom is -0.336 e. The Labute approximate surface area is 107 Å². The molecule has 0 saturated carbocycles. The second-order valence-corrected chi connectivity index (χ2v) is 5.92. The fourth-order valence-electron chi connectivity index (χ4n) is 2.01. The van der Waals surface area contributed by atoms with Gasteiger partial charge in [-0.1, -0.05) is 6.92 Å². The molecule has 5 heteroatoms. The fraction of sp³-hybridized carbons (Fsp3) is 0.667. The lowest BCUT2D eigenvalue weighted by atomic mass is 10.2. The van der Waals surface area contributed by atoms with Gasteiger partial charge in [-0.2, -0.15) is 11.8 Å². The van der Waals surface area contributed by atoms with Crippen LogP contribution in [0.2, 0.25) is 0 Å². The van der Waals surface area contributed by atoms with E-state index in [9.17, 15) is 0 Å². The minimum atomic E-state index is 0.504. The Morgan fingerprint density at radius 3 is 2.76 bits per heavy atom. The summed E-state index contributed by atoms with van der Waals surface area (Å²) < 4.78 is 0. The third-order valence-electron chi connectivity index (χ3n) is 3.21. The van der Waals surface area contributed by atoms with Crippen molar-refractivity contribution in [3.63, 3.8) is 0 Å². The number of nitrogens with one attached hydrogen (secondary N) is 1. The van der Waals surface area contributed by atoms with Gasteiger partial charge < -0.3 is 10.2 Å². The standard InChI is InChI=1S/C12H20N4S/c1-9-10(2)17-5-4-16(9)12-14-7-11(6-13-3)8-15-12/h7-10,13H,4-6H2,1-3H3. The minimum absolute atomic E-state index is 0.504. The highest BCUT2D eigenvalue weighted by Gasteiger charge is 2.26. The van der Waals surface area contributed by atoms with Crippen molar-refractivity contribution in [2.45, 2.75) is 31.7 Å². The number of rotatable bonds is 3. The summed E-state index contributed by atoms with van der Waals surface area (Å²) in [6.45, 7) is 6.39. The van der Waals surface area contributed by atoms with Crippen LogP contribution in [0.4, 0.5) is 5.95 Å². The number of nitrogens with zero attached hydrogens (tertiary/aromatic N) is 3. The van der Waals surface area contributed by atoms with Crippen molar-refractivity contribution in [3.05, 3.63) is 18.0 Å². The van der Waals surface area contributed by atoms with E-state index in [1.807, 2.05) is 31.2 Å².